The Hall–Kier alpha value is -0.160. The number of rotatable bonds is 5. The predicted molar refractivity (Wildman–Crippen MR) is 72.7 cm³/mol. The van der Waals surface area contributed by atoms with Crippen LogP contribution in [0.5, 0.6) is 0 Å². The van der Waals surface area contributed by atoms with Gasteiger partial charge in [-0.1, -0.05) is 6.92 Å². The Morgan fingerprint density at radius 2 is 2.00 bits per heavy atom. The van der Waals surface area contributed by atoms with Gasteiger partial charge >= 0.3 is 0 Å². The summed E-state index contributed by atoms with van der Waals surface area (Å²) in [5, 5.41) is 13.2. The van der Waals surface area contributed by atoms with Crippen molar-refractivity contribution in [3.05, 3.63) is 0 Å². The summed E-state index contributed by atoms with van der Waals surface area (Å²) in [6.07, 6.45) is 5.67. The van der Waals surface area contributed by atoms with Crippen LogP contribution in [0.15, 0.2) is 0 Å². The molecule has 4 heteroatoms. The molecule has 1 saturated heterocycles. The van der Waals surface area contributed by atoms with Gasteiger partial charge in [-0.2, -0.15) is 0 Å². The zero-order valence-corrected chi connectivity index (χ0v) is 11.8. The number of hydrogen-bond donors (Lipinski definition) is 2. The third-order valence-corrected chi connectivity index (χ3v) is 4.78. The SMILES string of the molecule is CCNC1(CO)CCC(N(C)C2CCOCC2)C1. The van der Waals surface area contributed by atoms with E-state index in [0.717, 1.165) is 45.4 Å². The molecule has 2 aliphatic rings. The van der Waals surface area contributed by atoms with Gasteiger partial charge in [-0.3, -0.25) is 0 Å². The fourth-order valence-corrected chi connectivity index (χ4v) is 3.57. The average molecular weight is 256 g/mol. The Balaban J connectivity index is 1.90. The minimum atomic E-state index is -0.0289. The van der Waals surface area contributed by atoms with Gasteiger partial charge in [-0.25, -0.2) is 0 Å². The van der Waals surface area contributed by atoms with E-state index >= 15 is 0 Å². The molecule has 0 spiro atoms. The van der Waals surface area contributed by atoms with E-state index in [-0.39, 0.29) is 12.1 Å². The van der Waals surface area contributed by atoms with Gasteiger partial charge in [0, 0.05) is 30.8 Å². The number of ether oxygens (including phenoxy) is 1. The highest BCUT2D eigenvalue weighted by Gasteiger charge is 2.40. The van der Waals surface area contributed by atoms with Crippen molar-refractivity contribution in [2.45, 2.75) is 56.7 Å². The molecule has 0 aromatic heterocycles. The fraction of sp³-hybridized carbons (Fsp3) is 1.00. The molecular formula is C14H28N2O2. The van der Waals surface area contributed by atoms with Crippen LogP contribution in [0.2, 0.25) is 0 Å². The molecule has 1 heterocycles. The van der Waals surface area contributed by atoms with Gasteiger partial charge in [0.1, 0.15) is 0 Å². The van der Waals surface area contributed by atoms with Gasteiger partial charge in [0.2, 0.25) is 0 Å². The maximum Gasteiger partial charge on any atom is 0.0613 e. The highest BCUT2D eigenvalue weighted by Crippen LogP contribution is 2.34. The van der Waals surface area contributed by atoms with E-state index in [1.165, 1.54) is 6.42 Å². The van der Waals surface area contributed by atoms with Crippen LogP contribution in [0, 0.1) is 0 Å². The molecule has 0 aromatic rings. The third kappa shape index (κ3) is 3.05. The smallest absolute Gasteiger partial charge is 0.0613 e. The van der Waals surface area contributed by atoms with Gasteiger partial charge in [0.05, 0.1) is 6.61 Å². The molecule has 1 saturated carbocycles. The summed E-state index contributed by atoms with van der Waals surface area (Å²) in [7, 11) is 2.25. The lowest BCUT2D eigenvalue weighted by Crippen LogP contribution is -2.49. The quantitative estimate of drug-likeness (QED) is 0.770. The number of aliphatic hydroxyl groups excluding tert-OH is 1. The van der Waals surface area contributed by atoms with Gasteiger partial charge in [0.15, 0.2) is 0 Å². The molecule has 0 amide bonds. The van der Waals surface area contributed by atoms with Crippen molar-refractivity contribution in [1.82, 2.24) is 10.2 Å². The standard InChI is InChI=1S/C14H28N2O2/c1-3-15-14(11-17)7-4-13(10-14)16(2)12-5-8-18-9-6-12/h12-13,15,17H,3-11H2,1-2H3. The maximum atomic E-state index is 9.66. The van der Waals surface area contributed by atoms with Crippen molar-refractivity contribution in [3.63, 3.8) is 0 Å². The van der Waals surface area contributed by atoms with E-state index in [9.17, 15) is 5.11 Å². The second-order valence-corrected chi connectivity index (χ2v) is 5.87. The molecule has 1 aliphatic carbocycles. The minimum absolute atomic E-state index is 0.0289. The number of aliphatic hydroxyl groups is 1. The molecule has 106 valence electrons. The monoisotopic (exact) mass is 256 g/mol. The molecule has 1 aliphatic heterocycles. The highest BCUT2D eigenvalue weighted by molar-refractivity contribution is 4.99. The van der Waals surface area contributed by atoms with Gasteiger partial charge in [-0.05, 0) is 45.7 Å². The number of hydrogen-bond acceptors (Lipinski definition) is 4. The average Bonchev–Trinajstić information content (AvgIpc) is 2.84. The Labute approximate surface area is 111 Å². The summed E-state index contributed by atoms with van der Waals surface area (Å²) < 4.78 is 5.43. The first-order valence-corrected chi connectivity index (χ1v) is 7.36. The molecule has 4 nitrogen and oxygen atoms in total. The van der Waals surface area contributed by atoms with Crippen molar-refractivity contribution in [1.29, 1.82) is 0 Å². The van der Waals surface area contributed by atoms with E-state index in [0.29, 0.717) is 12.1 Å². The van der Waals surface area contributed by atoms with Crippen LogP contribution in [0.3, 0.4) is 0 Å². The molecule has 0 aromatic carbocycles. The Morgan fingerprint density at radius 3 is 2.61 bits per heavy atom. The lowest BCUT2D eigenvalue weighted by atomic mass is 9.97. The molecule has 0 radical (unpaired) electrons. The summed E-state index contributed by atoms with van der Waals surface area (Å²) in [5.74, 6) is 0. The molecule has 2 fully saturated rings. The number of likely N-dealkylation sites (N-methyl/N-ethyl adjacent to an activating group) is 1. The maximum absolute atomic E-state index is 9.66. The van der Waals surface area contributed by atoms with Crippen LogP contribution in [-0.2, 0) is 4.74 Å². The van der Waals surface area contributed by atoms with E-state index in [1.54, 1.807) is 0 Å². The minimum Gasteiger partial charge on any atom is -0.394 e. The first-order valence-electron chi connectivity index (χ1n) is 7.36. The lowest BCUT2D eigenvalue weighted by Gasteiger charge is -2.36. The molecule has 0 bridgehead atoms. The number of nitrogens with one attached hydrogen (secondary N) is 1. The van der Waals surface area contributed by atoms with Crippen molar-refractivity contribution < 1.29 is 9.84 Å². The van der Waals surface area contributed by atoms with E-state index < -0.39 is 0 Å². The predicted octanol–water partition coefficient (Wildman–Crippen LogP) is 0.990. The van der Waals surface area contributed by atoms with Crippen molar-refractivity contribution in [2.75, 3.05) is 33.4 Å². The van der Waals surface area contributed by atoms with Crippen LogP contribution >= 0.6 is 0 Å². The first kappa shape index (κ1) is 14.3. The van der Waals surface area contributed by atoms with E-state index in [1.807, 2.05) is 0 Å². The Morgan fingerprint density at radius 1 is 1.28 bits per heavy atom. The van der Waals surface area contributed by atoms with Crippen LogP contribution in [-0.4, -0.2) is 61.0 Å². The summed E-state index contributed by atoms with van der Waals surface area (Å²) >= 11 is 0. The molecular weight excluding hydrogens is 228 g/mol. The summed E-state index contributed by atoms with van der Waals surface area (Å²) in [5.41, 5.74) is -0.0289. The zero-order valence-electron chi connectivity index (χ0n) is 11.8. The van der Waals surface area contributed by atoms with Crippen molar-refractivity contribution in [3.8, 4) is 0 Å². The zero-order chi connectivity index (χ0) is 13.0. The summed E-state index contributed by atoms with van der Waals surface area (Å²) in [6, 6.07) is 1.28. The van der Waals surface area contributed by atoms with Crippen LogP contribution in [0.1, 0.15) is 39.0 Å². The lowest BCUT2D eigenvalue weighted by molar-refractivity contribution is 0.0272. The molecule has 2 atom stereocenters. The van der Waals surface area contributed by atoms with Crippen molar-refractivity contribution in [2.24, 2.45) is 0 Å². The second-order valence-electron chi connectivity index (χ2n) is 5.87. The fourth-order valence-electron chi connectivity index (χ4n) is 3.57. The summed E-state index contributed by atoms with van der Waals surface area (Å²) in [4.78, 5) is 2.54. The second kappa shape index (κ2) is 6.33. The Kier molecular flexibility index (Phi) is 5.01. The molecule has 18 heavy (non-hydrogen) atoms. The van der Waals surface area contributed by atoms with Gasteiger partial charge in [-0.15, -0.1) is 0 Å². The van der Waals surface area contributed by atoms with E-state index in [4.69, 9.17) is 4.74 Å². The van der Waals surface area contributed by atoms with Crippen LogP contribution < -0.4 is 5.32 Å². The molecule has 2 N–H and O–H groups in total. The first-order chi connectivity index (χ1) is 8.71. The van der Waals surface area contributed by atoms with E-state index in [2.05, 4.69) is 24.2 Å². The third-order valence-electron chi connectivity index (χ3n) is 4.78. The number of nitrogens with zero attached hydrogens (tertiary/aromatic N) is 1. The van der Waals surface area contributed by atoms with Crippen LogP contribution in [0.4, 0.5) is 0 Å². The largest absolute Gasteiger partial charge is 0.394 e. The summed E-state index contributed by atoms with van der Waals surface area (Å²) in [6.45, 7) is 5.13. The highest BCUT2D eigenvalue weighted by atomic mass is 16.5. The van der Waals surface area contributed by atoms with Gasteiger partial charge < -0.3 is 20.1 Å². The topological polar surface area (TPSA) is 44.7 Å². The normalized spacial score (nSPS) is 34.3. The molecule has 2 rings (SSSR count). The Bertz CT molecular complexity index is 256. The van der Waals surface area contributed by atoms with Crippen molar-refractivity contribution >= 4 is 0 Å². The molecule has 2 unspecified atom stereocenters. The van der Waals surface area contributed by atoms with Gasteiger partial charge in [0.25, 0.3) is 0 Å². The van der Waals surface area contributed by atoms with Crippen LogP contribution in [0.25, 0.3) is 0 Å².